The maximum atomic E-state index is 13.3. The van der Waals surface area contributed by atoms with E-state index in [0.29, 0.717) is 22.0 Å². The highest BCUT2D eigenvalue weighted by atomic mass is 35.5. The highest BCUT2D eigenvalue weighted by molar-refractivity contribution is 7.92. The molecule has 2 aromatic heterocycles. The highest BCUT2D eigenvalue weighted by Crippen LogP contribution is 2.33. The molecule has 0 aliphatic rings. The SMILES string of the molecule is Cc1ccc(S(=O)(=O)n2ccc3c(C#N)cc(-c4cnc(Cl)c(NS(C)(=O)=O)c4)cc32)cc1. The second-order valence-electron chi connectivity index (χ2n) is 7.43. The Bertz CT molecular complexity index is 1650. The first-order valence-corrected chi connectivity index (χ1v) is 13.2. The number of hydrogen-bond donors (Lipinski definition) is 1. The number of pyridine rings is 1. The Morgan fingerprint density at radius 1 is 1.03 bits per heavy atom. The summed E-state index contributed by atoms with van der Waals surface area (Å²) in [6.45, 7) is 1.86. The lowest BCUT2D eigenvalue weighted by Gasteiger charge is -2.11. The van der Waals surface area contributed by atoms with E-state index < -0.39 is 20.0 Å². The van der Waals surface area contributed by atoms with Crippen molar-refractivity contribution in [2.75, 3.05) is 11.0 Å². The molecule has 1 N–H and O–H groups in total. The van der Waals surface area contributed by atoms with Gasteiger partial charge in [0, 0.05) is 23.3 Å². The number of halogens is 1. The van der Waals surface area contributed by atoms with Crippen molar-refractivity contribution in [1.29, 1.82) is 5.26 Å². The van der Waals surface area contributed by atoms with Gasteiger partial charge in [0.15, 0.2) is 5.15 Å². The smallest absolute Gasteiger partial charge is 0.268 e. The molecule has 0 unspecified atom stereocenters. The number of fused-ring (bicyclic) bond motifs is 1. The molecule has 0 aliphatic heterocycles. The van der Waals surface area contributed by atoms with Gasteiger partial charge in [-0.3, -0.25) is 4.72 Å². The second kappa shape index (κ2) is 8.19. The van der Waals surface area contributed by atoms with Crippen molar-refractivity contribution in [3.05, 3.63) is 77.2 Å². The van der Waals surface area contributed by atoms with Crippen LogP contribution in [0.5, 0.6) is 0 Å². The Morgan fingerprint density at radius 3 is 2.36 bits per heavy atom. The summed E-state index contributed by atoms with van der Waals surface area (Å²) in [5.41, 5.74) is 2.47. The molecule has 0 saturated heterocycles. The van der Waals surface area contributed by atoms with Crippen molar-refractivity contribution in [3.63, 3.8) is 0 Å². The normalized spacial score (nSPS) is 11.9. The van der Waals surface area contributed by atoms with Crippen LogP contribution in [-0.4, -0.2) is 32.0 Å². The van der Waals surface area contributed by atoms with E-state index in [-0.39, 0.29) is 21.3 Å². The number of aryl methyl sites for hydroxylation is 1. The van der Waals surface area contributed by atoms with Gasteiger partial charge in [-0.05, 0) is 48.9 Å². The molecule has 8 nitrogen and oxygen atoms in total. The summed E-state index contributed by atoms with van der Waals surface area (Å²) >= 11 is 6.02. The zero-order valence-electron chi connectivity index (χ0n) is 17.4. The lowest BCUT2D eigenvalue weighted by atomic mass is 10.0. The van der Waals surface area contributed by atoms with Gasteiger partial charge in [-0.25, -0.2) is 25.8 Å². The number of nitriles is 1. The molecule has 4 aromatic rings. The van der Waals surface area contributed by atoms with E-state index in [4.69, 9.17) is 11.6 Å². The summed E-state index contributed by atoms with van der Waals surface area (Å²) in [5.74, 6) is 0. The minimum Gasteiger partial charge on any atom is -0.281 e. The monoisotopic (exact) mass is 500 g/mol. The summed E-state index contributed by atoms with van der Waals surface area (Å²) < 4.78 is 53.3. The Morgan fingerprint density at radius 2 is 1.73 bits per heavy atom. The van der Waals surface area contributed by atoms with Crippen LogP contribution in [0.2, 0.25) is 5.15 Å². The molecule has 0 radical (unpaired) electrons. The molecule has 4 rings (SSSR count). The predicted molar refractivity (Wildman–Crippen MR) is 127 cm³/mol. The van der Waals surface area contributed by atoms with Gasteiger partial charge < -0.3 is 0 Å². The van der Waals surface area contributed by atoms with E-state index in [9.17, 15) is 22.1 Å². The standard InChI is InChI=1S/C22H17ClN4O4S2/c1-14-3-5-18(6-4-14)33(30,31)27-8-7-19-16(12-24)9-15(11-21(19)27)17-10-20(22(23)25-13-17)26-32(2,28)29/h3-11,13,26H,1-2H3. The average Bonchev–Trinajstić information content (AvgIpc) is 3.19. The molecular formula is C22H17ClN4O4S2. The van der Waals surface area contributed by atoms with Crippen molar-refractivity contribution < 1.29 is 16.8 Å². The topological polar surface area (TPSA) is 122 Å². The first-order valence-electron chi connectivity index (χ1n) is 9.51. The van der Waals surface area contributed by atoms with Gasteiger partial charge in [0.1, 0.15) is 0 Å². The lowest BCUT2D eigenvalue weighted by molar-refractivity contribution is 0.589. The number of nitrogens with one attached hydrogen (secondary N) is 1. The van der Waals surface area contributed by atoms with E-state index in [1.807, 2.05) is 6.92 Å². The van der Waals surface area contributed by atoms with Gasteiger partial charge >= 0.3 is 0 Å². The number of rotatable bonds is 5. The number of aromatic nitrogens is 2. The molecule has 0 bridgehead atoms. The quantitative estimate of drug-likeness (QED) is 0.411. The van der Waals surface area contributed by atoms with Crippen LogP contribution >= 0.6 is 11.6 Å². The van der Waals surface area contributed by atoms with Crippen LogP contribution in [0.1, 0.15) is 11.1 Å². The molecule has 2 heterocycles. The largest absolute Gasteiger partial charge is 0.281 e. The Labute approximate surface area is 196 Å². The predicted octanol–water partition coefficient (Wildman–Crippen LogP) is 4.15. The molecule has 0 fully saturated rings. The molecule has 0 aliphatic carbocycles. The van der Waals surface area contributed by atoms with E-state index in [1.165, 1.54) is 30.6 Å². The molecular weight excluding hydrogens is 484 g/mol. The average molecular weight is 501 g/mol. The van der Waals surface area contributed by atoms with Crippen LogP contribution in [-0.2, 0) is 20.0 Å². The molecule has 0 atom stereocenters. The minimum absolute atomic E-state index is 0.0453. The fourth-order valence-electron chi connectivity index (χ4n) is 3.39. The van der Waals surface area contributed by atoms with Crippen LogP contribution in [0.3, 0.4) is 0 Å². The van der Waals surface area contributed by atoms with Crippen LogP contribution in [0.25, 0.3) is 22.0 Å². The van der Waals surface area contributed by atoms with Gasteiger partial charge in [0.2, 0.25) is 10.0 Å². The number of benzene rings is 2. The van der Waals surface area contributed by atoms with E-state index in [2.05, 4.69) is 15.8 Å². The molecule has 168 valence electrons. The molecule has 2 aromatic carbocycles. The third-order valence-corrected chi connectivity index (χ3v) is 7.53. The number of nitrogens with zero attached hydrogens (tertiary/aromatic N) is 3. The third-order valence-electron chi connectivity index (χ3n) is 4.94. The van der Waals surface area contributed by atoms with Crippen LogP contribution in [0, 0.1) is 18.3 Å². The maximum Gasteiger partial charge on any atom is 0.268 e. The lowest BCUT2D eigenvalue weighted by Crippen LogP contribution is -2.12. The third kappa shape index (κ3) is 4.43. The molecule has 0 saturated carbocycles. The Kier molecular flexibility index (Phi) is 5.66. The van der Waals surface area contributed by atoms with Gasteiger partial charge in [0.05, 0.1) is 34.0 Å². The summed E-state index contributed by atoms with van der Waals surface area (Å²) in [5, 5.41) is 10.1. The van der Waals surface area contributed by atoms with E-state index >= 15 is 0 Å². The Balaban J connectivity index is 1.92. The fraction of sp³-hybridized carbons (Fsp3) is 0.0909. The zero-order chi connectivity index (χ0) is 24.0. The molecule has 33 heavy (non-hydrogen) atoms. The summed E-state index contributed by atoms with van der Waals surface area (Å²) in [6.07, 6.45) is 3.81. The summed E-state index contributed by atoms with van der Waals surface area (Å²) in [4.78, 5) is 4.13. The molecule has 11 heteroatoms. The van der Waals surface area contributed by atoms with Crippen LogP contribution in [0.15, 0.2) is 65.8 Å². The molecule has 0 spiro atoms. The van der Waals surface area contributed by atoms with Crippen molar-refractivity contribution in [2.24, 2.45) is 0 Å². The number of anilines is 1. The summed E-state index contributed by atoms with van der Waals surface area (Å²) in [7, 11) is -7.53. The first-order chi connectivity index (χ1) is 15.5. The van der Waals surface area contributed by atoms with Crippen molar-refractivity contribution in [2.45, 2.75) is 11.8 Å². The van der Waals surface area contributed by atoms with Crippen molar-refractivity contribution in [1.82, 2.24) is 8.96 Å². The van der Waals surface area contributed by atoms with Crippen molar-refractivity contribution in [3.8, 4) is 17.2 Å². The number of hydrogen-bond acceptors (Lipinski definition) is 6. The van der Waals surface area contributed by atoms with E-state index in [1.54, 1.807) is 30.3 Å². The maximum absolute atomic E-state index is 13.3. The van der Waals surface area contributed by atoms with Crippen molar-refractivity contribution >= 4 is 48.2 Å². The second-order valence-corrected chi connectivity index (χ2v) is 11.4. The van der Waals surface area contributed by atoms with Gasteiger partial charge in [0.25, 0.3) is 10.0 Å². The minimum atomic E-state index is -3.92. The number of sulfonamides is 1. The van der Waals surface area contributed by atoms with E-state index in [0.717, 1.165) is 15.8 Å². The van der Waals surface area contributed by atoms with Gasteiger partial charge in [-0.2, -0.15) is 5.26 Å². The zero-order valence-corrected chi connectivity index (χ0v) is 19.8. The molecule has 0 amide bonds. The van der Waals surface area contributed by atoms with Gasteiger partial charge in [-0.15, -0.1) is 0 Å². The van der Waals surface area contributed by atoms with Crippen LogP contribution < -0.4 is 4.72 Å². The first kappa shape index (κ1) is 22.8. The fourth-order valence-corrected chi connectivity index (χ4v) is 5.49. The van der Waals surface area contributed by atoms with Crippen LogP contribution in [0.4, 0.5) is 5.69 Å². The van der Waals surface area contributed by atoms with Gasteiger partial charge in [-0.1, -0.05) is 29.3 Å². The highest BCUT2D eigenvalue weighted by Gasteiger charge is 2.21. The summed E-state index contributed by atoms with van der Waals surface area (Å²) in [6, 6.07) is 14.8. The Hall–Kier alpha value is -3.39.